The van der Waals surface area contributed by atoms with Crippen LogP contribution in [0.3, 0.4) is 0 Å². The second-order valence-corrected chi connectivity index (χ2v) is 3.86. The van der Waals surface area contributed by atoms with Crippen molar-refractivity contribution in [2.45, 2.75) is 13.1 Å². The van der Waals surface area contributed by atoms with Crippen LogP contribution in [0, 0.1) is 0 Å². The molecule has 4 heteroatoms. The normalized spacial score (nSPS) is 10.7. The van der Waals surface area contributed by atoms with Gasteiger partial charge in [0.2, 0.25) is 0 Å². The summed E-state index contributed by atoms with van der Waals surface area (Å²) in [6, 6.07) is 10.1. The molecule has 0 saturated heterocycles. The quantitative estimate of drug-likeness (QED) is 0.814. The maximum atomic E-state index is 9.05. The fourth-order valence-electron chi connectivity index (χ4n) is 1.94. The Balaban J connectivity index is 2.44. The zero-order chi connectivity index (χ0) is 12.1. The van der Waals surface area contributed by atoms with Crippen LogP contribution in [0.25, 0.3) is 11.3 Å². The first-order chi connectivity index (χ1) is 8.36. The third kappa shape index (κ3) is 2.54. The summed E-state index contributed by atoms with van der Waals surface area (Å²) in [6.07, 6.45) is 1.86. The highest BCUT2D eigenvalue weighted by molar-refractivity contribution is 5.63. The predicted molar refractivity (Wildman–Crippen MR) is 67.5 cm³/mol. The molecule has 90 valence electrons. The lowest BCUT2D eigenvalue weighted by molar-refractivity contribution is 0.270. The minimum absolute atomic E-state index is 0.0977. The number of aromatic nitrogens is 2. The summed E-state index contributed by atoms with van der Waals surface area (Å²) in [4.78, 5) is 0. The lowest BCUT2D eigenvalue weighted by Gasteiger charge is -2.08. The average Bonchev–Trinajstić information content (AvgIpc) is 2.74. The van der Waals surface area contributed by atoms with Crippen molar-refractivity contribution in [3.8, 4) is 11.3 Å². The minimum atomic E-state index is 0.0977. The van der Waals surface area contributed by atoms with Crippen LogP contribution in [0.1, 0.15) is 5.56 Å². The Labute approximate surface area is 101 Å². The number of aliphatic hydroxyl groups is 1. The Morgan fingerprint density at radius 1 is 1.29 bits per heavy atom. The lowest BCUT2D eigenvalue weighted by atomic mass is 10.1. The third-order valence-corrected chi connectivity index (χ3v) is 2.64. The molecule has 2 aromatic rings. The van der Waals surface area contributed by atoms with E-state index in [9.17, 15) is 0 Å². The number of benzene rings is 1. The maximum Gasteiger partial charge on any atom is 0.0728 e. The largest absolute Gasteiger partial charge is 0.394 e. The van der Waals surface area contributed by atoms with Crippen LogP contribution in [0.5, 0.6) is 0 Å². The van der Waals surface area contributed by atoms with E-state index in [1.165, 1.54) is 0 Å². The zero-order valence-corrected chi connectivity index (χ0v) is 9.93. The van der Waals surface area contributed by atoms with Gasteiger partial charge in [-0.2, -0.15) is 5.10 Å². The highest BCUT2D eigenvalue weighted by Gasteiger charge is 2.11. The Kier molecular flexibility index (Phi) is 3.90. The number of aliphatic hydroxyl groups excluding tert-OH is 1. The van der Waals surface area contributed by atoms with Gasteiger partial charge in [-0.25, -0.2) is 0 Å². The molecule has 0 atom stereocenters. The van der Waals surface area contributed by atoms with Crippen LogP contribution in [0.15, 0.2) is 36.5 Å². The summed E-state index contributed by atoms with van der Waals surface area (Å²) in [5, 5.41) is 16.5. The number of nitrogens with zero attached hydrogens (tertiary/aromatic N) is 2. The van der Waals surface area contributed by atoms with Crippen LogP contribution in [0.4, 0.5) is 0 Å². The topological polar surface area (TPSA) is 50.1 Å². The van der Waals surface area contributed by atoms with Crippen molar-refractivity contribution in [3.05, 3.63) is 42.1 Å². The maximum absolute atomic E-state index is 9.05. The third-order valence-electron chi connectivity index (χ3n) is 2.64. The van der Waals surface area contributed by atoms with Crippen LogP contribution in [-0.4, -0.2) is 28.5 Å². The van der Waals surface area contributed by atoms with E-state index in [4.69, 9.17) is 5.11 Å². The van der Waals surface area contributed by atoms with E-state index < -0.39 is 0 Å². The smallest absolute Gasteiger partial charge is 0.0728 e. The monoisotopic (exact) mass is 231 g/mol. The zero-order valence-electron chi connectivity index (χ0n) is 9.93. The van der Waals surface area contributed by atoms with E-state index in [0.717, 1.165) is 23.4 Å². The van der Waals surface area contributed by atoms with Gasteiger partial charge in [0, 0.05) is 17.7 Å². The molecule has 0 radical (unpaired) electrons. The van der Waals surface area contributed by atoms with E-state index in [1.54, 1.807) is 0 Å². The number of hydrogen-bond acceptors (Lipinski definition) is 3. The van der Waals surface area contributed by atoms with Gasteiger partial charge < -0.3 is 10.4 Å². The molecule has 1 aromatic carbocycles. The van der Waals surface area contributed by atoms with Crippen molar-refractivity contribution in [2.24, 2.45) is 0 Å². The van der Waals surface area contributed by atoms with Crippen molar-refractivity contribution >= 4 is 0 Å². The Hall–Kier alpha value is -1.65. The molecule has 2 rings (SSSR count). The molecular formula is C13H17N3O. The highest BCUT2D eigenvalue weighted by atomic mass is 16.3. The van der Waals surface area contributed by atoms with Gasteiger partial charge >= 0.3 is 0 Å². The first kappa shape index (κ1) is 11.8. The first-order valence-corrected chi connectivity index (χ1v) is 5.72. The molecule has 0 aliphatic rings. The van der Waals surface area contributed by atoms with Crippen molar-refractivity contribution in [2.75, 3.05) is 13.7 Å². The number of hydrogen-bond donors (Lipinski definition) is 2. The molecule has 17 heavy (non-hydrogen) atoms. The van der Waals surface area contributed by atoms with Gasteiger partial charge in [0.25, 0.3) is 0 Å². The summed E-state index contributed by atoms with van der Waals surface area (Å²) >= 11 is 0. The van der Waals surface area contributed by atoms with Crippen molar-refractivity contribution < 1.29 is 5.11 Å². The van der Waals surface area contributed by atoms with Gasteiger partial charge in [0.05, 0.1) is 25.0 Å². The summed E-state index contributed by atoms with van der Waals surface area (Å²) in [5.74, 6) is 0. The van der Waals surface area contributed by atoms with Gasteiger partial charge in [-0.15, -0.1) is 0 Å². The number of rotatable bonds is 5. The van der Waals surface area contributed by atoms with Crippen molar-refractivity contribution in [1.29, 1.82) is 0 Å². The van der Waals surface area contributed by atoms with E-state index in [-0.39, 0.29) is 6.61 Å². The molecule has 1 aromatic heterocycles. The molecule has 0 spiro atoms. The molecule has 0 unspecified atom stereocenters. The average molecular weight is 231 g/mol. The summed E-state index contributed by atoms with van der Waals surface area (Å²) in [5.41, 5.74) is 3.35. The molecule has 0 amide bonds. The van der Waals surface area contributed by atoms with Crippen LogP contribution in [-0.2, 0) is 13.1 Å². The first-order valence-electron chi connectivity index (χ1n) is 5.72. The van der Waals surface area contributed by atoms with E-state index in [0.29, 0.717) is 6.54 Å². The van der Waals surface area contributed by atoms with Crippen LogP contribution >= 0.6 is 0 Å². The summed E-state index contributed by atoms with van der Waals surface area (Å²) in [6.45, 7) is 1.39. The molecule has 0 aliphatic carbocycles. The molecule has 0 bridgehead atoms. The van der Waals surface area contributed by atoms with Gasteiger partial charge in [-0.3, -0.25) is 4.68 Å². The molecule has 1 heterocycles. The van der Waals surface area contributed by atoms with E-state index in [1.807, 2.05) is 36.1 Å². The standard InChI is InChI=1S/C13H17N3O/c1-14-9-12-10-15-16(7-8-17)13(12)11-5-3-2-4-6-11/h2-6,10,14,17H,7-9H2,1H3. The second-order valence-electron chi connectivity index (χ2n) is 3.86. The molecule has 0 aliphatic heterocycles. The van der Waals surface area contributed by atoms with Crippen LogP contribution in [0.2, 0.25) is 0 Å². The Morgan fingerprint density at radius 2 is 2.06 bits per heavy atom. The van der Waals surface area contributed by atoms with E-state index in [2.05, 4.69) is 22.5 Å². The molecule has 0 fully saturated rings. The number of nitrogens with one attached hydrogen (secondary N) is 1. The van der Waals surface area contributed by atoms with Gasteiger partial charge in [0.15, 0.2) is 0 Å². The van der Waals surface area contributed by atoms with Crippen molar-refractivity contribution in [1.82, 2.24) is 15.1 Å². The summed E-state index contributed by atoms with van der Waals surface area (Å²) in [7, 11) is 1.91. The molecule has 4 nitrogen and oxygen atoms in total. The SMILES string of the molecule is CNCc1cnn(CCO)c1-c1ccccc1. The fraction of sp³-hybridized carbons (Fsp3) is 0.308. The molecule has 2 N–H and O–H groups in total. The van der Waals surface area contributed by atoms with Gasteiger partial charge in [-0.1, -0.05) is 30.3 Å². The van der Waals surface area contributed by atoms with Crippen LogP contribution < -0.4 is 5.32 Å². The lowest BCUT2D eigenvalue weighted by Crippen LogP contribution is -2.09. The van der Waals surface area contributed by atoms with E-state index >= 15 is 0 Å². The molecule has 0 saturated carbocycles. The Bertz CT molecular complexity index is 441. The minimum Gasteiger partial charge on any atom is -0.394 e. The van der Waals surface area contributed by atoms with Gasteiger partial charge in [-0.05, 0) is 7.05 Å². The second kappa shape index (κ2) is 5.61. The Morgan fingerprint density at radius 3 is 2.71 bits per heavy atom. The highest BCUT2D eigenvalue weighted by Crippen LogP contribution is 2.23. The summed E-state index contributed by atoms with van der Waals surface area (Å²) < 4.78 is 1.85. The molecular weight excluding hydrogens is 214 g/mol. The predicted octanol–water partition coefficient (Wildman–Crippen LogP) is 1.26. The van der Waals surface area contributed by atoms with Gasteiger partial charge in [0.1, 0.15) is 0 Å². The van der Waals surface area contributed by atoms with Crippen molar-refractivity contribution in [3.63, 3.8) is 0 Å². The fourth-order valence-corrected chi connectivity index (χ4v) is 1.94.